The van der Waals surface area contributed by atoms with E-state index in [1.165, 1.54) is 24.3 Å². The minimum Gasteiger partial charge on any atom is -0.426 e. The van der Waals surface area contributed by atoms with E-state index in [0.717, 1.165) is 4.90 Å². The number of rotatable bonds is 5. The van der Waals surface area contributed by atoms with Crippen molar-refractivity contribution < 1.29 is 44.3 Å². The maximum Gasteiger partial charge on any atom is 0.434 e. The normalized spacial score (nSPS) is 16.7. The smallest absolute Gasteiger partial charge is 0.426 e. The summed E-state index contributed by atoms with van der Waals surface area (Å²) in [7, 11) is -3.85. The van der Waals surface area contributed by atoms with E-state index >= 15 is 0 Å². The molecule has 0 bridgehead atoms. The highest BCUT2D eigenvalue weighted by Gasteiger charge is 2.60. The van der Waals surface area contributed by atoms with Gasteiger partial charge in [0.1, 0.15) is 0 Å². The van der Waals surface area contributed by atoms with Gasteiger partial charge in [0.15, 0.2) is 0 Å². The Morgan fingerprint density at radius 3 is 2.23 bits per heavy atom. The van der Waals surface area contributed by atoms with Crippen LogP contribution in [0.15, 0.2) is 29.2 Å². The quantitative estimate of drug-likeness (QED) is 0.645. The number of halogens is 7. The van der Waals surface area contributed by atoms with Gasteiger partial charge in [-0.05, 0) is 37.0 Å². The first-order valence-corrected chi connectivity index (χ1v) is 10.4. The first-order valence-electron chi connectivity index (χ1n) is 8.54. The van der Waals surface area contributed by atoms with Crippen molar-refractivity contribution in [3.05, 3.63) is 29.3 Å². The predicted octanol–water partition coefficient (Wildman–Crippen LogP) is 3.96. The molecule has 0 unspecified atom stereocenters. The number of piperidine rings is 1. The molecule has 1 aromatic rings. The molecule has 1 saturated heterocycles. The lowest BCUT2D eigenvalue weighted by atomic mass is 9.97. The fourth-order valence-corrected chi connectivity index (χ4v) is 4.18. The van der Waals surface area contributed by atoms with Crippen molar-refractivity contribution in [1.82, 2.24) is 9.62 Å². The minimum absolute atomic E-state index is 0.0224. The van der Waals surface area contributed by atoms with Gasteiger partial charge < -0.3 is 9.64 Å². The third-order valence-corrected chi connectivity index (χ3v) is 6.01. The van der Waals surface area contributed by atoms with Crippen LogP contribution < -0.4 is 4.72 Å². The Kier molecular flexibility index (Phi) is 7.51. The van der Waals surface area contributed by atoms with E-state index in [1.54, 1.807) is 0 Å². The van der Waals surface area contributed by atoms with E-state index in [9.17, 15) is 39.6 Å². The molecule has 0 saturated carbocycles. The van der Waals surface area contributed by atoms with E-state index in [1.807, 2.05) is 0 Å². The van der Waals surface area contributed by atoms with Crippen molar-refractivity contribution in [3.8, 4) is 0 Å². The molecule has 0 radical (unpaired) electrons. The van der Waals surface area contributed by atoms with Crippen molar-refractivity contribution in [2.24, 2.45) is 5.92 Å². The fraction of sp³-hybridized carbons (Fsp3) is 0.562. The van der Waals surface area contributed by atoms with Crippen LogP contribution in [-0.2, 0) is 14.8 Å². The van der Waals surface area contributed by atoms with Crippen LogP contribution >= 0.6 is 11.6 Å². The molecule has 0 spiro atoms. The molecule has 1 aliphatic rings. The van der Waals surface area contributed by atoms with E-state index in [4.69, 9.17) is 11.6 Å². The number of carbonyl (C=O) groups is 1. The summed E-state index contributed by atoms with van der Waals surface area (Å²) in [4.78, 5) is 12.4. The highest BCUT2D eigenvalue weighted by atomic mass is 35.5. The summed E-state index contributed by atoms with van der Waals surface area (Å²) < 4.78 is 105. The number of nitrogens with zero attached hydrogens (tertiary/aromatic N) is 1. The third-order valence-electron chi connectivity index (χ3n) is 4.35. The standard InChI is InChI=1S/C16H17ClF6N2O4S/c17-11-2-1-3-12(8-11)30(27,28)24-9-10-4-6-25(7-5-10)14(26)29-13(15(18,19)20)16(21,22)23/h1-3,8,10,13,24H,4-7,9H2. The van der Waals surface area contributed by atoms with Crippen molar-refractivity contribution in [3.63, 3.8) is 0 Å². The summed E-state index contributed by atoms with van der Waals surface area (Å²) in [6.07, 6.45) is -17.2. The van der Waals surface area contributed by atoms with Gasteiger partial charge in [0.05, 0.1) is 4.90 Å². The second-order valence-electron chi connectivity index (χ2n) is 6.59. The molecule has 1 amide bonds. The molecule has 30 heavy (non-hydrogen) atoms. The first kappa shape index (κ1) is 24.5. The zero-order valence-electron chi connectivity index (χ0n) is 15.1. The van der Waals surface area contributed by atoms with Crippen LogP contribution in [0.25, 0.3) is 0 Å². The molecule has 1 heterocycles. The van der Waals surface area contributed by atoms with Gasteiger partial charge in [-0.15, -0.1) is 0 Å². The van der Waals surface area contributed by atoms with Gasteiger partial charge in [-0.25, -0.2) is 17.9 Å². The molecule has 0 aliphatic carbocycles. The Morgan fingerprint density at radius 2 is 1.73 bits per heavy atom. The minimum atomic E-state index is -5.79. The topological polar surface area (TPSA) is 75.7 Å². The zero-order chi connectivity index (χ0) is 22.7. The lowest BCUT2D eigenvalue weighted by Gasteiger charge is -2.33. The molecule has 0 atom stereocenters. The van der Waals surface area contributed by atoms with Gasteiger partial charge in [-0.1, -0.05) is 17.7 Å². The predicted molar refractivity (Wildman–Crippen MR) is 93.3 cm³/mol. The molecule has 0 aromatic heterocycles. The van der Waals surface area contributed by atoms with Gasteiger partial charge >= 0.3 is 18.4 Å². The highest BCUT2D eigenvalue weighted by molar-refractivity contribution is 7.89. The van der Waals surface area contributed by atoms with Crippen molar-refractivity contribution >= 4 is 27.7 Å². The first-order chi connectivity index (χ1) is 13.7. The summed E-state index contributed by atoms with van der Waals surface area (Å²) in [6.45, 7) is -0.374. The van der Waals surface area contributed by atoms with Crippen LogP contribution in [0.5, 0.6) is 0 Å². The Bertz CT molecular complexity index is 840. The zero-order valence-corrected chi connectivity index (χ0v) is 16.7. The lowest BCUT2D eigenvalue weighted by Crippen LogP contribution is -2.49. The number of likely N-dealkylation sites (tertiary alicyclic amines) is 1. The average molecular weight is 483 g/mol. The van der Waals surface area contributed by atoms with Gasteiger partial charge in [0.25, 0.3) is 6.10 Å². The molecule has 14 heteroatoms. The number of carbonyl (C=O) groups excluding carboxylic acids is 1. The van der Waals surface area contributed by atoms with E-state index in [0.29, 0.717) is 0 Å². The number of hydrogen-bond donors (Lipinski definition) is 1. The maximum absolute atomic E-state index is 12.5. The van der Waals surface area contributed by atoms with Gasteiger partial charge in [0.2, 0.25) is 10.0 Å². The number of ether oxygens (including phenoxy) is 1. The van der Waals surface area contributed by atoms with Crippen LogP contribution in [0.4, 0.5) is 31.1 Å². The second kappa shape index (κ2) is 9.18. The van der Waals surface area contributed by atoms with Crippen LogP contribution in [0.2, 0.25) is 5.02 Å². The molecule has 1 fully saturated rings. The number of alkyl halides is 6. The Labute approximate surface area is 173 Å². The number of amides is 1. The van der Waals surface area contributed by atoms with E-state index in [-0.39, 0.29) is 48.3 Å². The van der Waals surface area contributed by atoms with Crippen molar-refractivity contribution in [1.29, 1.82) is 0 Å². The second-order valence-corrected chi connectivity index (χ2v) is 8.79. The van der Waals surface area contributed by atoms with Gasteiger partial charge in [-0.2, -0.15) is 26.3 Å². The number of nitrogens with one attached hydrogen (secondary N) is 1. The summed E-state index contributed by atoms with van der Waals surface area (Å²) in [5.74, 6) is -0.274. The molecule has 1 N–H and O–H groups in total. The Morgan fingerprint density at radius 1 is 1.17 bits per heavy atom. The number of sulfonamides is 1. The molecule has 2 rings (SSSR count). The third kappa shape index (κ3) is 6.64. The van der Waals surface area contributed by atoms with Crippen molar-refractivity contribution in [2.75, 3.05) is 19.6 Å². The lowest BCUT2D eigenvalue weighted by molar-refractivity contribution is -0.308. The van der Waals surface area contributed by atoms with Gasteiger partial charge in [-0.3, -0.25) is 0 Å². The largest absolute Gasteiger partial charge is 0.434 e. The molecular formula is C16H17ClF6N2O4S. The molecule has 6 nitrogen and oxygen atoms in total. The van der Waals surface area contributed by atoms with Crippen molar-refractivity contribution in [2.45, 2.75) is 36.2 Å². The van der Waals surface area contributed by atoms with Gasteiger partial charge in [0, 0.05) is 24.7 Å². The maximum atomic E-state index is 12.5. The summed E-state index contributed by atoms with van der Waals surface area (Å²) in [5.41, 5.74) is 0. The average Bonchev–Trinajstić information content (AvgIpc) is 2.63. The van der Waals surface area contributed by atoms with Crippen LogP contribution in [0.3, 0.4) is 0 Å². The molecule has 1 aliphatic heterocycles. The van der Waals surface area contributed by atoms with E-state index in [2.05, 4.69) is 9.46 Å². The molecule has 170 valence electrons. The van der Waals surface area contributed by atoms with Crippen LogP contribution in [0.1, 0.15) is 12.8 Å². The fourth-order valence-electron chi connectivity index (χ4n) is 2.76. The van der Waals surface area contributed by atoms with E-state index < -0.39 is 34.6 Å². The molecule has 1 aromatic carbocycles. The number of benzene rings is 1. The highest BCUT2D eigenvalue weighted by Crippen LogP contribution is 2.36. The number of hydrogen-bond acceptors (Lipinski definition) is 4. The Hall–Kier alpha value is -1.73. The summed E-state index contributed by atoms with van der Waals surface area (Å²) >= 11 is 5.76. The van der Waals surface area contributed by atoms with Crippen LogP contribution in [-0.4, -0.2) is 57.5 Å². The Balaban J connectivity index is 1.88. The summed E-state index contributed by atoms with van der Waals surface area (Å²) in [5, 5.41) is 0.223. The monoisotopic (exact) mass is 482 g/mol. The van der Waals surface area contributed by atoms with Crippen LogP contribution in [0, 0.1) is 5.92 Å². The molecular weight excluding hydrogens is 466 g/mol. The SMILES string of the molecule is O=C(OC(C(F)(F)F)C(F)(F)F)N1CCC(CNS(=O)(=O)c2cccc(Cl)c2)CC1. The summed E-state index contributed by atoms with van der Waals surface area (Å²) in [6, 6.07) is 5.54.